The molecule has 0 radical (unpaired) electrons. The molecule has 88 valence electrons. The van der Waals surface area contributed by atoms with Gasteiger partial charge in [0.05, 0.1) is 17.1 Å². The Hall–Kier alpha value is -1.69. The summed E-state index contributed by atoms with van der Waals surface area (Å²) in [6.45, 7) is 2.02. The van der Waals surface area contributed by atoms with E-state index in [0.717, 1.165) is 12.1 Å². The smallest absolute Gasteiger partial charge is 0.295 e. The largest absolute Gasteiger partial charge is 0.393 e. The number of nitrogens with zero attached hydrogens (tertiary/aromatic N) is 1. The molecule has 2 N–H and O–H groups in total. The summed E-state index contributed by atoms with van der Waals surface area (Å²) in [4.78, 5) is 9.98. The molecule has 1 rings (SSSR count). The fourth-order valence-electron chi connectivity index (χ4n) is 1.22. The number of anilines is 1. The monoisotopic (exact) mass is 228 g/mol. The number of nitro benzene ring substituents is 1. The van der Waals surface area contributed by atoms with Crippen LogP contribution in [0.4, 0.5) is 15.8 Å². The lowest BCUT2D eigenvalue weighted by atomic mass is 10.2. The number of nitrogens with one attached hydrogen (secondary N) is 1. The molecule has 1 aromatic rings. The van der Waals surface area contributed by atoms with Gasteiger partial charge < -0.3 is 10.4 Å². The Morgan fingerprint density at radius 1 is 1.62 bits per heavy atom. The van der Waals surface area contributed by atoms with Gasteiger partial charge in [-0.25, -0.2) is 4.39 Å². The number of aliphatic hydroxyl groups is 1. The number of benzene rings is 1. The van der Waals surface area contributed by atoms with E-state index in [1.54, 1.807) is 6.92 Å². The minimum atomic E-state index is -0.646. The third-order valence-corrected chi connectivity index (χ3v) is 2.03. The summed E-state index contributed by atoms with van der Waals surface area (Å²) in [5, 5.41) is 22.4. The van der Waals surface area contributed by atoms with Gasteiger partial charge in [-0.3, -0.25) is 10.1 Å². The molecule has 0 aliphatic carbocycles. The summed E-state index contributed by atoms with van der Waals surface area (Å²) in [6.07, 6.45) is -0.0128. The predicted molar refractivity (Wildman–Crippen MR) is 57.8 cm³/mol. The van der Waals surface area contributed by atoms with Crippen LogP contribution in [0.2, 0.25) is 0 Å². The normalized spacial score (nSPS) is 12.2. The van der Waals surface area contributed by atoms with Crippen LogP contribution in [0, 0.1) is 15.9 Å². The summed E-state index contributed by atoms with van der Waals surface area (Å²) >= 11 is 0. The molecule has 5 nitrogen and oxygen atoms in total. The number of hydrogen-bond acceptors (Lipinski definition) is 4. The van der Waals surface area contributed by atoms with Gasteiger partial charge in [0, 0.05) is 6.54 Å². The highest BCUT2D eigenvalue weighted by Gasteiger charge is 2.14. The highest BCUT2D eigenvalue weighted by atomic mass is 19.1. The summed E-state index contributed by atoms with van der Waals surface area (Å²) in [6, 6.07) is 3.33. The van der Waals surface area contributed by atoms with Crippen molar-refractivity contribution in [1.82, 2.24) is 0 Å². The number of halogens is 1. The molecule has 1 unspecified atom stereocenters. The average Bonchev–Trinajstić information content (AvgIpc) is 2.19. The van der Waals surface area contributed by atoms with E-state index in [1.165, 1.54) is 6.07 Å². The molecule has 0 aliphatic rings. The molecule has 0 saturated carbocycles. The van der Waals surface area contributed by atoms with Gasteiger partial charge in [0.15, 0.2) is 0 Å². The van der Waals surface area contributed by atoms with Crippen molar-refractivity contribution in [2.75, 3.05) is 11.9 Å². The van der Waals surface area contributed by atoms with Crippen molar-refractivity contribution in [1.29, 1.82) is 0 Å². The first-order valence-electron chi connectivity index (χ1n) is 4.86. The minimum Gasteiger partial charge on any atom is -0.393 e. The van der Waals surface area contributed by atoms with E-state index in [-0.39, 0.29) is 11.4 Å². The summed E-state index contributed by atoms with van der Waals surface area (Å²) < 4.78 is 12.8. The van der Waals surface area contributed by atoms with E-state index in [9.17, 15) is 14.5 Å². The zero-order valence-corrected chi connectivity index (χ0v) is 8.81. The van der Waals surface area contributed by atoms with Gasteiger partial charge in [0.1, 0.15) is 11.5 Å². The fourth-order valence-corrected chi connectivity index (χ4v) is 1.22. The van der Waals surface area contributed by atoms with Crippen LogP contribution >= 0.6 is 0 Å². The molecule has 0 aromatic heterocycles. The lowest BCUT2D eigenvalue weighted by molar-refractivity contribution is -0.384. The molecule has 1 atom stereocenters. The second kappa shape index (κ2) is 5.41. The number of nitro groups is 1. The minimum absolute atomic E-state index is 0.257. The van der Waals surface area contributed by atoms with Gasteiger partial charge in [-0.1, -0.05) is 0 Å². The fraction of sp³-hybridized carbons (Fsp3) is 0.400. The van der Waals surface area contributed by atoms with Crippen molar-refractivity contribution in [3.63, 3.8) is 0 Å². The summed E-state index contributed by atoms with van der Waals surface area (Å²) in [5.74, 6) is -0.646. The van der Waals surface area contributed by atoms with Crippen LogP contribution in [-0.2, 0) is 0 Å². The highest BCUT2D eigenvalue weighted by molar-refractivity contribution is 5.61. The molecule has 0 saturated heterocycles. The quantitative estimate of drug-likeness (QED) is 0.596. The zero-order valence-electron chi connectivity index (χ0n) is 8.81. The molecule has 0 heterocycles. The van der Waals surface area contributed by atoms with Gasteiger partial charge in [-0.05, 0) is 25.5 Å². The van der Waals surface area contributed by atoms with Crippen LogP contribution in [-0.4, -0.2) is 22.7 Å². The van der Waals surface area contributed by atoms with Gasteiger partial charge in [-0.2, -0.15) is 0 Å². The molecular formula is C10H13FN2O3. The lowest BCUT2D eigenvalue weighted by Crippen LogP contribution is -2.10. The third kappa shape index (κ3) is 3.47. The SMILES string of the molecule is CC(O)CCNc1ccc(F)cc1[N+](=O)[O-]. The molecule has 0 aliphatic heterocycles. The molecule has 0 amide bonds. The first-order chi connectivity index (χ1) is 7.50. The topological polar surface area (TPSA) is 75.4 Å². The molecular weight excluding hydrogens is 215 g/mol. The second-order valence-corrected chi connectivity index (χ2v) is 3.48. The summed E-state index contributed by atoms with van der Waals surface area (Å²) in [5.41, 5.74) is -0.0438. The van der Waals surface area contributed by atoms with Crippen molar-refractivity contribution in [3.05, 3.63) is 34.1 Å². The Morgan fingerprint density at radius 3 is 2.88 bits per heavy atom. The van der Waals surface area contributed by atoms with E-state index in [4.69, 9.17) is 5.11 Å². The van der Waals surface area contributed by atoms with Crippen molar-refractivity contribution in [2.24, 2.45) is 0 Å². The third-order valence-electron chi connectivity index (χ3n) is 2.03. The molecule has 0 fully saturated rings. The molecule has 1 aromatic carbocycles. The first kappa shape index (κ1) is 12.4. The van der Waals surface area contributed by atoms with Crippen LogP contribution in [0.5, 0.6) is 0 Å². The maximum atomic E-state index is 12.8. The Bertz CT molecular complexity index is 382. The van der Waals surface area contributed by atoms with Crippen LogP contribution in [0.15, 0.2) is 18.2 Å². The molecule has 0 spiro atoms. The molecule has 0 bridgehead atoms. The van der Waals surface area contributed by atoms with E-state index in [2.05, 4.69) is 5.32 Å². The van der Waals surface area contributed by atoms with Crippen molar-refractivity contribution in [2.45, 2.75) is 19.4 Å². The van der Waals surface area contributed by atoms with E-state index < -0.39 is 16.8 Å². The Kier molecular flexibility index (Phi) is 4.19. The first-order valence-corrected chi connectivity index (χ1v) is 4.86. The van der Waals surface area contributed by atoms with Gasteiger partial charge in [0.25, 0.3) is 5.69 Å². The van der Waals surface area contributed by atoms with Gasteiger partial charge in [0.2, 0.25) is 0 Å². The molecule has 6 heteroatoms. The Balaban J connectivity index is 2.75. The van der Waals surface area contributed by atoms with Gasteiger partial charge in [-0.15, -0.1) is 0 Å². The number of rotatable bonds is 5. The van der Waals surface area contributed by atoms with Crippen LogP contribution < -0.4 is 5.32 Å². The maximum absolute atomic E-state index is 12.8. The highest BCUT2D eigenvalue weighted by Crippen LogP contribution is 2.24. The average molecular weight is 228 g/mol. The lowest BCUT2D eigenvalue weighted by Gasteiger charge is -2.08. The summed E-state index contributed by atoms with van der Waals surface area (Å²) in [7, 11) is 0. The van der Waals surface area contributed by atoms with Crippen molar-refractivity contribution >= 4 is 11.4 Å². The van der Waals surface area contributed by atoms with Crippen LogP contribution in [0.25, 0.3) is 0 Å². The van der Waals surface area contributed by atoms with E-state index >= 15 is 0 Å². The number of aliphatic hydroxyl groups excluding tert-OH is 1. The van der Waals surface area contributed by atoms with Crippen LogP contribution in [0.3, 0.4) is 0 Å². The maximum Gasteiger partial charge on any atom is 0.295 e. The van der Waals surface area contributed by atoms with E-state index in [0.29, 0.717) is 13.0 Å². The van der Waals surface area contributed by atoms with E-state index in [1.807, 2.05) is 0 Å². The Labute approximate surface area is 92.1 Å². The van der Waals surface area contributed by atoms with Crippen molar-refractivity contribution < 1.29 is 14.4 Å². The zero-order chi connectivity index (χ0) is 12.1. The second-order valence-electron chi connectivity index (χ2n) is 3.48. The van der Waals surface area contributed by atoms with Crippen molar-refractivity contribution in [3.8, 4) is 0 Å². The standard InChI is InChI=1S/C10H13FN2O3/c1-7(14)4-5-12-9-3-2-8(11)6-10(9)13(15)16/h2-3,6-7,12,14H,4-5H2,1H3. The number of hydrogen-bond donors (Lipinski definition) is 2. The van der Waals surface area contributed by atoms with Gasteiger partial charge >= 0.3 is 0 Å². The molecule has 16 heavy (non-hydrogen) atoms. The van der Waals surface area contributed by atoms with Crippen LogP contribution in [0.1, 0.15) is 13.3 Å². The predicted octanol–water partition coefficient (Wildman–Crippen LogP) is 1.92. The Morgan fingerprint density at radius 2 is 2.31 bits per heavy atom.